The molecule has 1 saturated heterocycles. The van der Waals surface area contributed by atoms with E-state index in [0.29, 0.717) is 18.7 Å². The number of fused-ring (bicyclic) bond motifs is 1. The molecular formula is C23H23FN2O7S. The molecule has 2 heterocycles. The minimum Gasteiger partial charge on any atom is -0.490 e. The molecule has 2 aromatic carbocycles. The lowest BCUT2D eigenvalue weighted by atomic mass is 10.1. The molecule has 34 heavy (non-hydrogen) atoms. The number of hydrogen-bond donors (Lipinski definition) is 1. The van der Waals surface area contributed by atoms with Crippen molar-refractivity contribution in [3.63, 3.8) is 0 Å². The molecule has 1 aromatic heterocycles. The van der Waals surface area contributed by atoms with E-state index in [2.05, 4.69) is 4.74 Å². The molecule has 1 fully saturated rings. The molecule has 0 saturated carbocycles. The Morgan fingerprint density at radius 1 is 1.12 bits per heavy atom. The molecule has 0 spiro atoms. The number of halogens is 1. The lowest BCUT2D eigenvalue weighted by molar-refractivity contribution is 0.0640. The molecule has 180 valence electrons. The molecule has 1 amide bonds. The quantitative estimate of drug-likeness (QED) is 0.408. The monoisotopic (exact) mass is 490 g/mol. The summed E-state index contributed by atoms with van der Waals surface area (Å²) in [4.78, 5) is 24.0. The van der Waals surface area contributed by atoms with Gasteiger partial charge in [-0.3, -0.25) is 0 Å². The smallest absolute Gasteiger partial charge is 0.412 e. The summed E-state index contributed by atoms with van der Waals surface area (Å²) < 4.78 is 57.8. The normalized spacial score (nSPS) is 14.6. The molecule has 9 nitrogen and oxygen atoms in total. The summed E-state index contributed by atoms with van der Waals surface area (Å²) in [6, 6.07) is 7.74. The maximum Gasteiger partial charge on any atom is 0.412 e. The van der Waals surface area contributed by atoms with Crippen molar-refractivity contribution in [1.29, 1.82) is 0 Å². The van der Waals surface area contributed by atoms with Crippen LogP contribution in [-0.2, 0) is 14.8 Å². The van der Waals surface area contributed by atoms with Gasteiger partial charge in [-0.1, -0.05) is 0 Å². The van der Waals surface area contributed by atoms with Gasteiger partial charge in [0.25, 0.3) is 0 Å². The van der Waals surface area contributed by atoms with E-state index in [1.165, 1.54) is 40.7 Å². The van der Waals surface area contributed by atoms with E-state index in [9.17, 15) is 22.4 Å². The lowest BCUT2D eigenvalue weighted by Gasteiger charge is -2.19. The lowest BCUT2D eigenvalue weighted by Crippen LogP contribution is -2.28. The van der Waals surface area contributed by atoms with Crippen LogP contribution in [0.4, 0.5) is 9.18 Å². The number of nitrogens with zero attached hydrogens (tertiary/aromatic N) is 1. The van der Waals surface area contributed by atoms with Crippen LogP contribution in [-0.4, -0.2) is 44.0 Å². The van der Waals surface area contributed by atoms with Crippen LogP contribution in [0.15, 0.2) is 45.7 Å². The number of benzene rings is 2. The summed E-state index contributed by atoms with van der Waals surface area (Å²) in [5, 5.41) is 0.154. The standard InChI is InChI=1S/C23H23FN2O7S/c1-13(2)31-18-11-16-17(12-19(18)34(29,30)26-9-3-4-10-26)32-21(14-5-7-15(24)8-6-14)20(16)22(27)33-23(25)28/h5-8,11-13H,3-4,9-10H2,1-2H3,(H2,25,28). The predicted molar refractivity (Wildman–Crippen MR) is 120 cm³/mol. The molecule has 1 aliphatic heterocycles. The van der Waals surface area contributed by atoms with E-state index in [4.69, 9.17) is 14.9 Å². The number of ether oxygens (including phenoxy) is 2. The summed E-state index contributed by atoms with van der Waals surface area (Å²) in [5.41, 5.74) is 5.22. The number of furan rings is 1. The Morgan fingerprint density at radius 3 is 2.35 bits per heavy atom. The van der Waals surface area contributed by atoms with Crippen molar-refractivity contribution in [1.82, 2.24) is 4.31 Å². The zero-order chi connectivity index (χ0) is 24.6. The van der Waals surface area contributed by atoms with Gasteiger partial charge >= 0.3 is 12.1 Å². The minimum absolute atomic E-state index is 0.0222. The SMILES string of the molecule is CC(C)Oc1cc2c(C(=O)OC(N)=O)c(-c3ccc(F)cc3)oc2cc1S(=O)(=O)N1CCCC1. The molecule has 0 unspecified atom stereocenters. The van der Waals surface area contributed by atoms with Crippen molar-refractivity contribution in [2.75, 3.05) is 13.1 Å². The highest BCUT2D eigenvalue weighted by atomic mass is 32.2. The van der Waals surface area contributed by atoms with Crippen molar-refractivity contribution < 1.29 is 36.3 Å². The minimum atomic E-state index is -3.91. The van der Waals surface area contributed by atoms with E-state index in [1.807, 2.05) is 0 Å². The van der Waals surface area contributed by atoms with E-state index in [1.54, 1.807) is 13.8 Å². The van der Waals surface area contributed by atoms with Crippen LogP contribution in [0.5, 0.6) is 5.75 Å². The number of esters is 1. The predicted octanol–water partition coefficient (Wildman–Crippen LogP) is 4.05. The molecule has 0 atom stereocenters. The number of amides is 1. The van der Waals surface area contributed by atoms with Crippen molar-refractivity contribution in [3.8, 4) is 17.1 Å². The molecule has 0 bridgehead atoms. The van der Waals surface area contributed by atoms with Gasteiger partial charge in [0.05, 0.1) is 6.10 Å². The van der Waals surface area contributed by atoms with Crippen LogP contribution in [0.25, 0.3) is 22.3 Å². The second-order valence-electron chi connectivity index (χ2n) is 8.09. The topological polar surface area (TPSA) is 129 Å². The number of carbonyl (C=O) groups excluding carboxylic acids is 2. The third kappa shape index (κ3) is 4.48. The van der Waals surface area contributed by atoms with Gasteiger partial charge in [0, 0.05) is 30.1 Å². The maximum atomic E-state index is 13.5. The Bertz CT molecular complexity index is 1360. The molecular weight excluding hydrogens is 467 g/mol. The van der Waals surface area contributed by atoms with E-state index in [-0.39, 0.29) is 39.0 Å². The van der Waals surface area contributed by atoms with E-state index < -0.39 is 27.9 Å². The van der Waals surface area contributed by atoms with Crippen molar-refractivity contribution >= 4 is 33.1 Å². The van der Waals surface area contributed by atoms with Crippen molar-refractivity contribution in [2.45, 2.75) is 37.7 Å². The highest BCUT2D eigenvalue weighted by molar-refractivity contribution is 7.89. The average molecular weight is 491 g/mol. The second kappa shape index (κ2) is 9.07. The number of carbonyl (C=O) groups is 2. The summed E-state index contributed by atoms with van der Waals surface area (Å²) in [7, 11) is -3.91. The molecule has 0 radical (unpaired) electrons. The Labute approximate surface area is 195 Å². The van der Waals surface area contributed by atoms with Crippen LogP contribution in [0, 0.1) is 5.82 Å². The van der Waals surface area contributed by atoms with Crippen molar-refractivity contribution in [3.05, 3.63) is 47.8 Å². The van der Waals surface area contributed by atoms with Crippen LogP contribution in [0.3, 0.4) is 0 Å². The average Bonchev–Trinajstić information content (AvgIpc) is 3.41. The first kappa shape index (κ1) is 23.7. The van der Waals surface area contributed by atoms with Crippen molar-refractivity contribution in [2.24, 2.45) is 5.73 Å². The van der Waals surface area contributed by atoms with Gasteiger partial charge in [0.1, 0.15) is 33.4 Å². The third-order valence-corrected chi connectivity index (χ3v) is 7.22. The first-order valence-corrected chi connectivity index (χ1v) is 12.1. The number of rotatable bonds is 6. The number of nitrogens with two attached hydrogens (primary N) is 1. The van der Waals surface area contributed by atoms with Gasteiger partial charge in [-0.2, -0.15) is 4.31 Å². The molecule has 0 aliphatic carbocycles. The van der Waals surface area contributed by atoms with Crippen LogP contribution in [0.2, 0.25) is 0 Å². The number of sulfonamides is 1. The number of hydrogen-bond acceptors (Lipinski definition) is 7. The van der Waals surface area contributed by atoms with Crippen LogP contribution < -0.4 is 10.5 Å². The fourth-order valence-electron chi connectivity index (χ4n) is 3.87. The Balaban J connectivity index is 1.98. The highest BCUT2D eigenvalue weighted by Gasteiger charge is 2.33. The van der Waals surface area contributed by atoms with Crippen LogP contribution in [0.1, 0.15) is 37.0 Å². The first-order valence-electron chi connectivity index (χ1n) is 10.6. The molecule has 11 heteroatoms. The summed E-state index contributed by atoms with van der Waals surface area (Å²) in [6.45, 7) is 4.24. The van der Waals surface area contributed by atoms with Crippen LogP contribution >= 0.6 is 0 Å². The highest BCUT2D eigenvalue weighted by Crippen LogP contribution is 2.40. The Kier molecular flexibility index (Phi) is 6.32. The number of primary amides is 1. The summed E-state index contributed by atoms with van der Waals surface area (Å²) in [5.74, 6) is -1.62. The first-order chi connectivity index (χ1) is 16.1. The second-order valence-corrected chi connectivity index (χ2v) is 10.0. The zero-order valence-corrected chi connectivity index (χ0v) is 19.4. The Hall–Kier alpha value is -3.44. The van der Waals surface area contributed by atoms with Gasteiger partial charge < -0.3 is 19.6 Å². The largest absolute Gasteiger partial charge is 0.490 e. The molecule has 2 N–H and O–H groups in total. The summed E-state index contributed by atoms with van der Waals surface area (Å²) in [6.07, 6.45) is -0.202. The van der Waals surface area contributed by atoms with Gasteiger partial charge in [0.2, 0.25) is 10.0 Å². The third-order valence-electron chi connectivity index (χ3n) is 5.30. The molecule has 3 aromatic rings. The van der Waals surface area contributed by atoms with E-state index >= 15 is 0 Å². The summed E-state index contributed by atoms with van der Waals surface area (Å²) >= 11 is 0. The molecule has 4 rings (SSSR count). The van der Waals surface area contributed by atoms with Gasteiger partial charge in [0.15, 0.2) is 0 Å². The Morgan fingerprint density at radius 2 is 1.76 bits per heavy atom. The van der Waals surface area contributed by atoms with Gasteiger partial charge in [-0.15, -0.1) is 0 Å². The van der Waals surface area contributed by atoms with E-state index in [0.717, 1.165) is 12.8 Å². The molecule has 1 aliphatic rings. The van der Waals surface area contributed by atoms with Gasteiger partial charge in [-0.25, -0.2) is 22.4 Å². The zero-order valence-electron chi connectivity index (χ0n) is 18.5. The fraction of sp³-hybridized carbons (Fsp3) is 0.304. The maximum absolute atomic E-state index is 13.5. The van der Waals surface area contributed by atoms with Gasteiger partial charge in [-0.05, 0) is 57.0 Å². The fourth-order valence-corrected chi connectivity index (χ4v) is 5.50.